The van der Waals surface area contributed by atoms with E-state index in [1.807, 2.05) is 0 Å². The van der Waals surface area contributed by atoms with E-state index >= 15 is 0 Å². The number of rotatable bonds is 3. The minimum Gasteiger partial charge on any atom is -0.480 e. The Labute approximate surface area is 105 Å². The average molecular weight is 253 g/mol. The molecule has 0 radical (unpaired) electrons. The van der Waals surface area contributed by atoms with E-state index < -0.39 is 30.8 Å². The van der Waals surface area contributed by atoms with E-state index in [1.54, 1.807) is 6.92 Å². The molecule has 18 heavy (non-hydrogen) atoms. The maximum absolute atomic E-state index is 11.3. The highest BCUT2D eigenvalue weighted by Crippen LogP contribution is 2.26. The minimum absolute atomic E-state index is 0.261. The highest BCUT2D eigenvalue weighted by molar-refractivity contribution is 5.76. The number of carbonyl (C=O) groups excluding carboxylic acids is 1. The maximum atomic E-state index is 11.3. The Morgan fingerprint density at radius 1 is 1.61 bits per heavy atom. The maximum Gasteiger partial charge on any atom is 0.407 e. The summed E-state index contributed by atoms with van der Waals surface area (Å²) in [5.74, 6) is 1.29. The fraction of sp³-hybridized carbons (Fsp3) is 0.500. The van der Waals surface area contributed by atoms with Crippen LogP contribution in [0.3, 0.4) is 0 Å². The summed E-state index contributed by atoms with van der Waals surface area (Å²) in [6, 6.07) is 0. The minimum atomic E-state index is -1.16. The quantitative estimate of drug-likeness (QED) is 0.627. The Bertz CT molecular complexity index is 421. The average Bonchev–Trinajstić information content (AvgIpc) is 2.31. The Morgan fingerprint density at radius 3 is 2.83 bits per heavy atom. The number of carbonyl (C=O) groups is 2. The highest BCUT2D eigenvalue weighted by atomic mass is 16.6. The van der Waals surface area contributed by atoms with E-state index in [2.05, 4.69) is 11.2 Å². The van der Waals surface area contributed by atoms with Gasteiger partial charge in [0.25, 0.3) is 0 Å². The first kappa shape index (κ1) is 14.1. The van der Waals surface area contributed by atoms with Crippen molar-refractivity contribution < 1.29 is 24.5 Å². The molecule has 0 aromatic carbocycles. The Kier molecular flexibility index (Phi) is 4.75. The largest absolute Gasteiger partial charge is 0.480 e. The normalized spacial score (nSPS) is 23.2. The SMILES string of the molecule is C#CC1=C(C)[C@@H](O)C[C@H](OC(=O)NCC(=O)O)C1. The topological polar surface area (TPSA) is 95.9 Å². The summed E-state index contributed by atoms with van der Waals surface area (Å²) in [5, 5.41) is 20.2. The van der Waals surface area contributed by atoms with Gasteiger partial charge in [-0.15, -0.1) is 6.42 Å². The summed E-state index contributed by atoms with van der Waals surface area (Å²) in [5.41, 5.74) is 1.33. The molecular formula is C12H15NO5. The van der Waals surface area contributed by atoms with Crippen molar-refractivity contribution in [2.75, 3.05) is 6.54 Å². The molecule has 0 heterocycles. The van der Waals surface area contributed by atoms with Gasteiger partial charge in [0.1, 0.15) is 12.6 Å². The molecule has 1 aliphatic carbocycles. The van der Waals surface area contributed by atoms with E-state index in [0.29, 0.717) is 17.6 Å². The molecule has 1 amide bonds. The summed E-state index contributed by atoms with van der Waals surface area (Å²) in [7, 11) is 0. The number of ether oxygens (including phenoxy) is 1. The first-order chi connectivity index (χ1) is 8.43. The third-order valence-electron chi connectivity index (χ3n) is 2.73. The summed E-state index contributed by atoms with van der Waals surface area (Å²) in [6.45, 7) is 1.23. The van der Waals surface area contributed by atoms with Gasteiger partial charge >= 0.3 is 12.1 Å². The number of hydrogen-bond donors (Lipinski definition) is 3. The highest BCUT2D eigenvalue weighted by Gasteiger charge is 2.27. The van der Waals surface area contributed by atoms with Crippen LogP contribution in [0.15, 0.2) is 11.1 Å². The van der Waals surface area contributed by atoms with Crippen molar-refractivity contribution in [2.45, 2.75) is 32.0 Å². The number of aliphatic carboxylic acids is 1. The molecule has 0 spiro atoms. The molecule has 3 N–H and O–H groups in total. The predicted octanol–water partition coefficient (Wildman–Crippen LogP) is 0.270. The summed E-state index contributed by atoms with van der Waals surface area (Å²) < 4.78 is 4.99. The van der Waals surface area contributed by atoms with Crippen LogP contribution < -0.4 is 5.32 Å². The lowest BCUT2D eigenvalue weighted by Crippen LogP contribution is -2.36. The summed E-state index contributed by atoms with van der Waals surface area (Å²) >= 11 is 0. The molecule has 0 saturated heterocycles. The molecule has 0 saturated carbocycles. The van der Waals surface area contributed by atoms with Crippen LogP contribution in [0.25, 0.3) is 0 Å². The van der Waals surface area contributed by atoms with Crippen molar-refractivity contribution in [3.63, 3.8) is 0 Å². The molecule has 1 aliphatic rings. The Balaban J connectivity index is 2.53. The molecule has 0 fully saturated rings. The zero-order valence-electron chi connectivity index (χ0n) is 9.97. The van der Waals surface area contributed by atoms with E-state index in [-0.39, 0.29) is 6.42 Å². The molecule has 0 aromatic rings. The molecule has 0 bridgehead atoms. The lowest BCUT2D eigenvalue weighted by atomic mass is 9.89. The van der Waals surface area contributed by atoms with Gasteiger partial charge in [0.05, 0.1) is 6.10 Å². The number of alkyl carbamates (subject to hydrolysis) is 1. The number of carboxylic acids is 1. The van der Waals surface area contributed by atoms with E-state index in [4.69, 9.17) is 16.3 Å². The number of nitrogens with one attached hydrogen (secondary N) is 1. The molecule has 6 nitrogen and oxygen atoms in total. The van der Waals surface area contributed by atoms with Gasteiger partial charge in [-0.1, -0.05) is 5.92 Å². The third-order valence-corrected chi connectivity index (χ3v) is 2.73. The molecule has 2 atom stereocenters. The fourth-order valence-electron chi connectivity index (χ4n) is 1.70. The van der Waals surface area contributed by atoms with Crippen LogP contribution in [0.5, 0.6) is 0 Å². The van der Waals surface area contributed by atoms with Crippen molar-refractivity contribution in [2.24, 2.45) is 0 Å². The van der Waals surface area contributed by atoms with Crippen LogP contribution in [0, 0.1) is 12.3 Å². The van der Waals surface area contributed by atoms with E-state index in [0.717, 1.165) is 0 Å². The van der Waals surface area contributed by atoms with Gasteiger partial charge < -0.3 is 20.3 Å². The molecule has 0 aliphatic heterocycles. The number of hydrogen-bond acceptors (Lipinski definition) is 4. The van der Waals surface area contributed by atoms with E-state index in [1.165, 1.54) is 0 Å². The van der Waals surface area contributed by atoms with Crippen LogP contribution in [-0.4, -0.2) is 41.0 Å². The van der Waals surface area contributed by atoms with Crippen LogP contribution in [0.4, 0.5) is 4.79 Å². The van der Waals surface area contributed by atoms with Crippen molar-refractivity contribution in [1.82, 2.24) is 5.32 Å². The lowest BCUT2D eigenvalue weighted by Gasteiger charge is -2.27. The van der Waals surface area contributed by atoms with Crippen LogP contribution in [0.1, 0.15) is 19.8 Å². The number of terminal acetylenes is 1. The second kappa shape index (κ2) is 6.07. The first-order valence-electron chi connectivity index (χ1n) is 5.44. The van der Waals surface area contributed by atoms with Crippen molar-refractivity contribution >= 4 is 12.1 Å². The number of aliphatic hydroxyl groups is 1. The number of amides is 1. The van der Waals surface area contributed by atoms with Crippen LogP contribution >= 0.6 is 0 Å². The van der Waals surface area contributed by atoms with E-state index in [9.17, 15) is 14.7 Å². The molecule has 0 unspecified atom stereocenters. The van der Waals surface area contributed by atoms with Crippen molar-refractivity contribution in [3.8, 4) is 12.3 Å². The monoisotopic (exact) mass is 253 g/mol. The van der Waals surface area contributed by atoms with Gasteiger partial charge in [-0.25, -0.2) is 4.79 Å². The molecular weight excluding hydrogens is 238 g/mol. The van der Waals surface area contributed by atoms with Gasteiger partial charge in [-0.2, -0.15) is 0 Å². The van der Waals surface area contributed by atoms with Gasteiger partial charge in [0, 0.05) is 18.4 Å². The first-order valence-corrected chi connectivity index (χ1v) is 5.44. The summed E-state index contributed by atoms with van der Waals surface area (Å²) in [6.07, 6.45) is 3.82. The van der Waals surface area contributed by atoms with Crippen LogP contribution in [-0.2, 0) is 9.53 Å². The molecule has 1 rings (SSSR count). The van der Waals surface area contributed by atoms with Crippen LogP contribution in [0.2, 0.25) is 0 Å². The Hall–Kier alpha value is -2.00. The summed E-state index contributed by atoms with van der Waals surface area (Å²) in [4.78, 5) is 21.5. The second-order valence-electron chi connectivity index (χ2n) is 4.04. The van der Waals surface area contributed by atoms with Gasteiger partial charge in [0.15, 0.2) is 0 Å². The fourth-order valence-corrected chi connectivity index (χ4v) is 1.70. The zero-order chi connectivity index (χ0) is 13.7. The molecule has 98 valence electrons. The van der Waals surface area contributed by atoms with Crippen molar-refractivity contribution in [1.29, 1.82) is 0 Å². The molecule has 6 heteroatoms. The standard InChI is InChI=1S/C12H15NO5/c1-3-8-4-9(5-10(14)7(8)2)18-12(17)13-6-11(15)16/h1,9-10,14H,4-6H2,2H3,(H,13,17)(H,15,16)/t9-,10+/m1/s1. The smallest absolute Gasteiger partial charge is 0.407 e. The second-order valence-corrected chi connectivity index (χ2v) is 4.04. The molecule has 0 aromatic heterocycles. The predicted molar refractivity (Wildman–Crippen MR) is 62.7 cm³/mol. The zero-order valence-corrected chi connectivity index (χ0v) is 9.97. The lowest BCUT2D eigenvalue weighted by molar-refractivity contribution is -0.135. The Morgan fingerprint density at radius 2 is 2.28 bits per heavy atom. The van der Waals surface area contributed by atoms with Gasteiger partial charge in [-0.05, 0) is 12.5 Å². The van der Waals surface area contributed by atoms with Gasteiger partial charge in [0.2, 0.25) is 0 Å². The van der Waals surface area contributed by atoms with Gasteiger partial charge in [-0.3, -0.25) is 4.79 Å². The number of carboxylic acid groups (broad SMARTS) is 1. The van der Waals surface area contributed by atoms with Crippen molar-refractivity contribution in [3.05, 3.63) is 11.1 Å². The third kappa shape index (κ3) is 3.79. The number of aliphatic hydroxyl groups excluding tert-OH is 1.